The number of pyridine rings is 1. The molecule has 1 unspecified atom stereocenters. The molecule has 4 rings (SSSR count). The third kappa shape index (κ3) is 2.12. The van der Waals surface area contributed by atoms with Crippen molar-refractivity contribution in [1.29, 1.82) is 0 Å². The summed E-state index contributed by atoms with van der Waals surface area (Å²) in [5, 5.41) is 10.1. The number of hydrogen-bond acceptors (Lipinski definition) is 4. The van der Waals surface area contributed by atoms with Gasteiger partial charge in [0, 0.05) is 37.0 Å². The molecule has 0 spiro atoms. The van der Waals surface area contributed by atoms with E-state index in [1.165, 1.54) is 6.42 Å². The molecule has 0 aromatic carbocycles. The van der Waals surface area contributed by atoms with Crippen molar-refractivity contribution in [2.75, 3.05) is 6.61 Å². The fraction of sp³-hybridized carbons (Fsp3) is 0.400. The quantitative estimate of drug-likeness (QED) is 0.725. The molecule has 0 radical (unpaired) electrons. The summed E-state index contributed by atoms with van der Waals surface area (Å²) < 4.78 is 9.64. The van der Waals surface area contributed by atoms with E-state index < -0.39 is 0 Å². The Balaban J connectivity index is 1.88. The van der Waals surface area contributed by atoms with E-state index in [-0.39, 0.29) is 6.23 Å². The molecule has 0 bridgehead atoms. The predicted molar refractivity (Wildman–Crippen MR) is 78.6 cm³/mol. The third-order valence-corrected chi connectivity index (χ3v) is 3.92. The second-order valence-electron chi connectivity index (χ2n) is 5.41. The first-order chi connectivity index (χ1) is 10.3. The minimum absolute atomic E-state index is 0.0101. The number of aryl methyl sites for hydroxylation is 1. The smallest absolute Gasteiger partial charge is 0.150 e. The Hall–Kier alpha value is -2.21. The minimum Gasteiger partial charge on any atom is -0.356 e. The van der Waals surface area contributed by atoms with Crippen molar-refractivity contribution in [3.05, 3.63) is 30.9 Å². The van der Waals surface area contributed by atoms with Crippen molar-refractivity contribution >= 4 is 10.9 Å². The van der Waals surface area contributed by atoms with E-state index in [1.807, 2.05) is 36.4 Å². The highest BCUT2D eigenvalue weighted by Gasteiger charge is 2.21. The van der Waals surface area contributed by atoms with Crippen LogP contribution >= 0.6 is 0 Å². The Morgan fingerprint density at radius 2 is 2.24 bits per heavy atom. The minimum atomic E-state index is 0.0101. The van der Waals surface area contributed by atoms with Crippen LogP contribution in [0.4, 0.5) is 0 Å². The molecular formula is C15H17N5O. The second-order valence-corrected chi connectivity index (χ2v) is 5.41. The standard InChI is InChI=1S/C15H17N5O/c1-19-10-11(8-17-19)15-12-5-6-16-9-13(12)20(18-15)14-4-2-3-7-21-14/h5-6,8-10,14H,2-4,7H2,1H3. The van der Waals surface area contributed by atoms with Crippen LogP contribution in [-0.4, -0.2) is 31.2 Å². The topological polar surface area (TPSA) is 57.8 Å². The summed E-state index contributed by atoms with van der Waals surface area (Å²) in [7, 11) is 1.91. The first kappa shape index (κ1) is 12.5. The van der Waals surface area contributed by atoms with Gasteiger partial charge in [0.15, 0.2) is 6.23 Å². The van der Waals surface area contributed by atoms with E-state index in [2.05, 4.69) is 10.1 Å². The number of nitrogens with zero attached hydrogens (tertiary/aromatic N) is 5. The number of ether oxygens (including phenoxy) is 1. The van der Waals surface area contributed by atoms with Crippen LogP contribution in [0.1, 0.15) is 25.5 Å². The molecule has 0 amide bonds. The average molecular weight is 283 g/mol. The summed E-state index contributed by atoms with van der Waals surface area (Å²) in [5.74, 6) is 0. The lowest BCUT2D eigenvalue weighted by Crippen LogP contribution is -2.19. The van der Waals surface area contributed by atoms with Crippen molar-refractivity contribution in [3.63, 3.8) is 0 Å². The molecule has 1 aliphatic heterocycles. The molecule has 1 saturated heterocycles. The Labute approximate surface area is 122 Å². The SMILES string of the molecule is Cn1cc(-c2nn(C3CCCCO3)c3cnccc23)cn1. The van der Waals surface area contributed by atoms with E-state index in [0.717, 1.165) is 41.6 Å². The fourth-order valence-corrected chi connectivity index (χ4v) is 2.88. The van der Waals surface area contributed by atoms with E-state index in [9.17, 15) is 0 Å². The number of hydrogen-bond donors (Lipinski definition) is 0. The molecule has 1 fully saturated rings. The second kappa shape index (κ2) is 4.96. The largest absolute Gasteiger partial charge is 0.356 e. The maximum Gasteiger partial charge on any atom is 0.150 e. The van der Waals surface area contributed by atoms with Gasteiger partial charge in [0.2, 0.25) is 0 Å². The van der Waals surface area contributed by atoms with E-state index in [4.69, 9.17) is 9.84 Å². The fourth-order valence-electron chi connectivity index (χ4n) is 2.88. The van der Waals surface area contributed by atoms with Crippen LogP contribution in [0.25, 0.3) is 22.2 Å². The maximum absolute atomic E-state index is 5.88. The highest BCUT2D eigenvalue weighted by Crippen LogP contribution is 2.31. The van der Waals surface area contributed by atoms with Gasteiger partial charge in [-0.1, -0.05) is 0 Å². The Kier molecular flexibility index (Phi) is 2.96. The zero-order valence-corrected chi connectivity index (χ0v) is 11.9. The molecule has 0 N–H and O–H groups in total. The van der Waals surface area contributed by atoms with Crippen molar-refractivity contribution in [2.24, 2.45) is 7.05 Å². The van der Waals surface area contributed by atoms with Gasteiger partial charge in [-0.15, -0.1) is 0 Å². The van der Waals surface area contributed by atoms with Crippen molar-refractivity contribution in [1.82, 2.24) is 24.5 Å². The molecule has 0 aliphatic carbocycles. The first-order valence-corrected chi connectivity index (χ1v) is 7.26. The lowest BCUT2D eigenvalue weighted by Gasteiger charge is -2.23. The lowest BCUT2D eigenvalue weighted by atomic mass is 10.1. The van der Waals surface area contributed by atoms with Gasteiger partial charge < -0.3 is 4.74 Å². The van der Waals surface area contributed by atoms with Crippen LogP contribution in [0.3, 0.4) is 0 Å². The molecule has 3 aromatic heterocycles. The molecule has 3 aromatic rings. The third-order valence-electron chi connectivity index (χ3n) is 3.92. The van der Waals surface area contributed by atoms with Crippen LogP contribution in [0.15, 0.2) is 30.9 Å². The van der Waals surface area contributed by atoms with Gasteiger partial charge >= 0.3 is 0 Å². The van der Waals surface area contributed by atoms with Gasteiger partial charge in [0.05, 0.1) is 17.9 Å². The van der Waals surface area contributed by atoms with Gasteiger partial charge in [-0.05, 0) is 25.3 Å². The number of rotatable bonds is 2. The van der Waals surface area contributed by atoms with Crippen LogP contribution in [0.5, 0.6) is 0 Å². The zero-order valence-electron chi connectivity index (χ0n) is 11.9. The first-order valence-electron chi connectivity index (χ1n) is 7.26. The molecule has 6 heteroatoms. The Morgan fingerprint density at radius 3 is 3.00 bits per heavy atom. The van der Waals surface area contributed by atoms with E-state index >= 15 is 0 Å². The molecule has 108 valence electrons. The number of aromatic nitrogens is 5. The molecular weight excluding hydrogens is 266 g/mol. The summed E-state index contributed by atoms with van der Waals surface area (Å²) in [5.41, 5.74) is 2.97. The normalized spacial score (nSPS) is 19.2. The van der Waals surface area contributed by atoms with Gasteiger partial charge in [-0.2, -0.15) is 10.2 Å². The van der Waals surface area contributed by atoms with Gasteiger partial charge in [0.25, 0.3) is 0 Å². The highest BCUT2D eigenvalue weighted by molar-refractivity contribution is 5.92. The Morgan fingerprint density at radius 1 is 1.29 bits per heavy atom. The molecule has 1 aliphatic rings. The lowest BCUT2D eigenvalue weighted by molar-refractivity contribution is -0.0365. The van der Waals surface area contributed by atoms with Gasteiger partial charge in [-0.3, -0.25) is 9.67 Å². The molecule has 0 saturated carbocycles. The average Bonchev–Trinajstić information content (AvgIpc) is 3.12. The zero-order chi connectivity index (χ0) is 14.2. The summed E-state index contributed by atoms with van der Waals surface area (Å²) in [6, 6.07) is 2.00. The van der Waals surface area contributed by atoms with E-state index in [1.54, 1.807) is 10.9 Å². The van der Waals surface area contributed by atoms with Crippen LogP contribution in [-0.2, 0) is 11.8 Å². The summed E-state index contributed by atoms with van der Waals surface area (Å²) >= 11 is 0. The van der Waals surface area contributed by atoms with Crippen molar-refractivity contribution in [3.8, 4) is 11.3 Å². The monoisotopic (exact) mass is 283 g/mol. The summed E-state index contributed by atoms with van der Waals surface area (Å²) in [6.07, 6.45) is 10.8. The van der Waals surface area contributed by atoms with Gasteiger partial charge in [-0.25, -0.2) is 4.68 Å². The van der Waals surface area contributed by atoms with Crippen molar-refractivity contribution < 1.29 is 4.74 Å². The van der Waals surface area contributed by atoms with Crippen LogP contribution < -0.4 is 0 Å². The maximum atomic E-state index is 5.88. The van der Waals surface area contributed by atoms with Crippen molar-refractivity contribution in [2.45, 2.75) is 25.5 Å². The molecule has 4 heterocycles. The Bertz CT molecular complexity index is 769. The molecule has 21 heavy (non-hydrogen) atoms. The summed E-state index contributed by atoms with van der Waals surface area (Å²) in [6.45, 7) is 0.800. The van der Waals surface area contributed by atoms with Gasteiger partial charge in [0.1, 0.15) is 5.69 Å². The predicted octanol–water partition coefficient (Wildman–Crippen LogP) is 2.53. The number of fused-ring (bicyclic) bond motifs is 1. The highest BCUT2D eigenvalue weighted by atomic mass is 16.5. The summed E-state index contributed by atoms with van der Waals surface area (Å²) in [4.78, 5) is 4.24. The molecule has 1 atom stereocenters. The van der Waals surface area contributed by atoms with E-state index in [0.29, 0.717) is 0 Å². The van der Waals surface area contributed by atoms with Crippen LogP contribution in [0.2, 0.25) is 0 Å². The van der Waals surface area contributed by atoms with Crippen LogP contribution in [0, 0.1) is 0 Å². The molecule has 6 nitrogen and oxygen atoms in total.